The minimum Gasteiger partial charge on any atom is -0.355 e. The molecule has 0 spiro atoms. The standard InChI is InChI=1S/C21H29N3O3/c1-2-16-6-8-18(9-7-16)24-15-17(14-20(24)26)21(27)22-11-10-19(25)23-12-4-3-5-13-23/h6-9,17H,2-5,10-15H2,1H3,(H,22,27). The van der Waals surface area contributed by atoms with Crippen LogP contribution in [0.1, 0.15) is 44.6 Å². The van der Waals surface area contributed by atoms with E-state index in [2.05, 4.69) is 12.2 Å². The number of aryl methyl sites for hydroxylation is 1. The molecule has 146 valence electrons. The van der Waals surface area contributed by atoms with Gasteiger partial charge in [0, 0.05) is 44.7 Å². The number of piperidine rings is 1. The van der Waals surface area contributed by atoms with Crippen LogP contribution in [0.4, 0.5) is 5.69 Å². The van der Waals surface area contributed by atoms with Crippen LogP contribution in [-0.2, 0) is 20.8 Å². The number of hydrogen-bond acceptors (Lipinski definition) is 3. The highest BCUT2D eigenvalue weighted by atomic mass is 16.2. The summed E-state index contributed by atoms with van der Waals surface area (Å²) in [4.78, 5) is 40.5. The minimum absolute atomic E-state index is 0.0243. The van der Waals surface area contributed by atoms with Crippen LogP contribution < -0.4 is 10.2 Å². The smallest absolute Gasteiger partial charge is 0.227 e. The Morgan fingerprint density at radius 1 is 1.11 bits per heavy atom. The number of amides is 3. The van der Waals surface area contributed by atoms with E-state index in [-0.39, 0.29) is 30.1 Å². The fraction of sp³-hybridized carbons (Fsp3) is 0.571. The third-order valence-electron chi connectivity index (χ3n) is 5.50. The number of likely N-dealkylation sites (tertiary alicyclic amines) is 1. The molecular weight excluding hydrogens is 342 g/mol. The van der Waals surface area contributed by atoms with Crippen LogP contribution in [0.25, 0.3) is 0 Å². The average Bonchev–Trinajstić information content (AvgIpc) is 3.10. The van der Waals surface area contributed by atoms with Gasteiger partial charge in [-0.2, -0.15) is 0 Å². The first-order valence-electron chi connectivity index (χ1n) is 10.0. The summed E-state index contributed by atoms with van der Waals surface area (Å²) in [6.07, 6.45) is 4.83. The van der Waals surface area contributed by atoms with Crippen molar-refractivity contribution in [2.45, 2.75) is 45.4 Å². The Bertz CT molecular complexity index is 680. The summed E-state index contributed by atoms with van der Waals surface area (Å²) >= 11 is 0. The molecule has 6 nitrogen and oxygen atoms in total. The number of carbonyl (C=O) groups excluding carboxylic acids is 3. The second-order valence-corrected chi connectivity index (χ2v) is 7.41. The predicted octanol–water partition coefficient (Wildman–Crippen LogP) is 2.12. The van der Waals surface area contributed by atoms with Crippen LogP contribution in [0.15, 0.2) is 24.3 Å². The highest BCUT2D eigenvalue weighted by Gasteiger charge is 2.35. The van der Waals surface area contributed by atoms with Gasteiger partial charge in [-0.3, -0.25) is 14.4 Å². The summed E-state index contributed by atoms with van der Waals surface area (Å²) < 4.78 is 0. The molecule has 0 saturated carbocycles. The van der Waals surface area contributed by atoms with Crippen molar-refractivity contribution in [3.8, 4) is 0 Å². The number of nitrogens with one attached hydrogen (secondary N) is 1. The third kappa shape index (κ3) is 4.87. The molecule has 3 amide bonds. The van der Waals surface area contributed by atoms with Crippen LogP contribution in [-0.4, -0.2) is 48.8 Å². The molecule has 0 bridgehead atoms. The lowest BCUT2D eigenvalue weighted by molar-refractivity contribution is -0.132. The Morgan fingerprint density at radius 2 is 1.81 bits per heavy atom. The lowest BCUT2D eigenvalue weighted by Crippen LogP contribution is -2.39. The zero-order valence-electron chi connectivity index (χ0n) is 16.1. The molecule has 1 unspecified atom stereocenters. The van der Waals surface area contributed by atoms with Crippen molar-refractivity contribution in [3.63, 3.8) is 0 Å². The quantitative estimate of drug-likeness (QED) is 0.833. The van der Waals surface area contributed by atoms with E-state index in [0.29, 0.717) is 19.5 Å². The summed E-state index contributed by atoms with van der Waals surface area (Å²) in [6.45, 7) is 4.48. The SMILES string of the molecule is CCc1ccc(N2CC(C(=O)NCCC(=O)N3CCCCC3)CC2=O)cc1. The molecule has 0 aromatic heterocycles. The first kappa shape index (κ1) is 19.4. The van der Waals surface area contributed by atoms with Gasteiger partial charge in [-0.25, -0.2) is 0 Å². The number of hydrogen-bond donors (Lipinski definition) is 1. The van der Waals surface area contributed by atoms with Crippen LogP contribution in [0.2, 0.25) is 0 Å². The summed E-state index contributed by atoms with van der Waals surface area (Å²) in [6, 6.07) is 7.91. The molecule has 2 heterocycles. The van der Waals surface area contributed by atoms with E-state index in [1.165, 1.54) is 12.0 Å². The molecule has 1 aromatic rings. The maximum atomic E-state index is 12.4. The van der Waals surface area contributed by atoms with E-state index in [0.717, 1.165) is 38.0 Å². The third-order valence-corrected chi connectivity index (χ3v) is 5.50. The molecule has 1 atom stereocenters. The zero-order valence-corrected chi connectivity index (χ0v) is 16.1. The van der Waals surface area contributed by atoms with E-state index in [1.807, 2.05) is 29.2 Å². The highest BCUT2D eigenvalue weighted by Crippen LogP contribution is 2.25. The van der Waals surface area contributed by atoms with Gasteiger partial charge in [-0.05, 0) is 43.4 Å². The molecule has 0 aliphatic carbocycles. The van der Waals surface area contributed by atoms with Gasteiger partial charge >= 0.3 is 0 Å². The van der Waals surface area contributed by atoms with Crippen molar-refractivity contribution < 1.29 is 14.4 Å². The maximum Gasteiger partial charge on any atom is 0.227 e. The van der Waals surface area contributed by atoms with Crippen molar-refractivity contribution >= 4 is 23.4 Å². The second-order valence-electron chi connectivity index (χ2n) is 7.41. The first-order chi connectivity index (χ1) is 13.1. The van der Waals surface area contributed by atoms with E-state index in [9.17, 15) is 14.4 Å². The largest absolute Gasteiger partial charge is 0.355 e. The van der Waals surface area contributed by atoms with Gasteiger partial charge < -0.3 is 15.1 Å². The van der Waals surface area contributed by atoms with Crippen LogP contribution in [0.3, 0.4) is 0 Å². The Morgan fingerprint density at radius 3 is 2.48 bits per heavy atom. The van der Waals surface area contributed by atoms with Crippen molar-refractivity contribution in [3.05, 3.63) is 29.8 Å². The number of rotatable bonds is 6. The molecule has 2 aliphatic heterocycles. The number of anilines is 1. The van der Waals surface area contributed by atoms with Crippen molar-refractivity contribution in [2.75, 3.05) is 31.1 Å². The zero-order chi connectivity index (χ0) is 19.2. The van der Waals surface area contributed by atoms with Crippen molar-refractivity contribution in [1.29, 1.82) is 0 Å². The Balaban J connectivity index is 1.46. The van der Waals surface area contributed by atoms with Gasteiger partial charge in [0.25, 0.3) is 0 Å². The van der Waals surface area contributed by atoms with Gasteiger partial charge in [0.1, 0.15) is 0 Å². The van der Waals surface area contributed by atoms with Gasteiger partial charge in [0.05, 0.1) is 5.92 Å². The van der Waals surface area contributed by atoms with E-state index < -0.39 is 0 Å². The molecule has 2 aliphatic rings. The molecule has 2 saturated heterocycles. The Labute approximate surface area is 160 Å². The predicted molar refractivity (Wildman–Crippen MR) is 104 cm³/mol. The molecular formula is C21H29N3O3. The number of carbonyl (C=O) groups is 3. The molecule has 1 N–H and O–H groups in total. The molecule has 0 radical (unpaired) electrons. The van der Waals surface area contributed by atoms with E-state index in [1.54, 1.807) is 4.90 Å². The van der Waals surface area contributed by atoms with Gasteiger partial charge in [-0.1, -0.05) is 19.1 Å². The summed E-state index contributed by atoms with van der Waals surface area (Å²) in [5.74, 6) is -0.408. The van der Waals surface area contributed by atoms with Crippen LogP contribution >= 0.6 is 0 Å². The van der Waals surface area contributed by atoms with Crippen molar-refractivity contribution in [2.24, 2.45) is 5.92 Å². The fourth-order valence-corrected chi connectivity index (χ4v) is 3.78. The Hall–Kier alpha value is -2.37. The van der Waals surface area contributed by atoms with Gasteiger partial charge in [0.15, 0.2) is 0 Å². The molecule has 2 fully saturated rings. The number of benzene rings is 1. The summed E-state index contributed by atoms with van der Waals surface area (Å²) in [5, 5.41) is 2.84. The highest BCUT2D eigenvalue weighted by molar-refractivity contribution is 6.00. The molecule has 6 heteroatoms. The molecule has 27 heavy (non-hydrogen) atoms. The molecule has 1 aromatic carbocycles. The maximum absolute atomic E-state index is 12.4. The van der Waals surface area contributed by atoms with Crippen LogP contribution in [0.5, 0.6) is 0 Å². The van der Waals surface area contributed by atoms with E-state index in [4.69, 9.17) is 0 Å². The number of nitrogens with zero attached hydrogens (tertiary/aromatic N) is 2. The molecule has 3 rings (SSSR count). The van der Waals surface area contributed by atoms with E-state index >= 15 is 0 Å². The lowest BCUT2D eigenvalue weighted by atomic mass is 10.1. The fourth-order valence-electron chi connectivity index (χ4n) is 3.78. The first-order valence-corrected chi connectivity index (χ1v) is 10.0. The Kier molecular flexibility index (Phi) is 6.48. The van der Waals surface area contributed by atoms with Gasteiger partial charge in [0.2, 0.25) is 17.7 Å². The average molecular weight is 371 g/mol. The topological polar surface area (TPSA) is 69.7 Å². The lowest BCUT2D eigenvalue weighted by Gasteiger charge is -2.26. The minimum atomic E-state index is -0.353. The van der Waals surface area contributed by atoms with Crippen LogP contribution in [0, 0.1) is 5.92 Å². The summed E-state index contributed by atoms with van der Waals surface area (Å²) in [7, 11) is 0. The normalized spacial score (nSPS) is 20.0. The van der Waals surface area contributed by atoms with Gasteiger partial charge in [-0.15, -0.1) is 0 Å². The monoisotopic (exact) mass is 371 g/mol. The van der Waals surface area contributed by atoms with Crippen molar-refractivity contribution in [1.82, 2.24) is 10.2 Å². The second kappa shape index (κ2) is 9.02. The summed E-state index contributed by atoms with van der Waals surface area (Å²) in [5.41, 5.74) is 2.06.